The van der Waals surface area contributed by atoms with Crippen molar-refractivity contribution in [2.24, 2.45) is 0 Å². The van der Waals surface area contributed by atoms with Crippen LogP contribution in [0.5, 0.6) is 0 Å². The van der Waals surface area contributed by atoms with Crippen LogP contribution in [0.4, 0.5) is 0 Å². The Morgan fingerprint density at radius 3 is 2.54 bits per heavy atom. The number of hydrogen-bond acceptors (Lipinski definition) is 1. The van der Waals surface area contributed by atoms with Gasteiger partial charge in [0.25, 0.3) is 0 Å². The Labute approximate surface area is 79.0 Å². The predicted molar refractivity (Wildman–Crippen MR) is 53.5 cm³/mol. The molecule has 1 aliphatic rings. The van der Waals surface area contributed by atoms with Crippen LogP contribution in [0.2, 0.25) is 0 Å². The summed E-state index contributed by atoms with van der Waals surface area (Å²) in [7, 11) is 0. The second kappa shape index (κ2) is 3.00. The Morgan fingerprint density at radius 2 is 2.00 bits per heavy atom. The first-order chi connectivity index (χ1) is 6.21. The van der Waals surface area contributed by atoms with Gasteiger partial charge in [-0.1, -0.05) is 36.9 Å². The van der Waals surface area contributed by atoms with Crippen LogP contribution in [0.3, 0.4) is 0 Å². The summed E-state index contributed by atoms with van der Waals surface area (Å²) in [5.41, 5.74) is 2.29. The molecule has 1 saturated heterocycles. The average molecular weight is 174 g/mol. The molecule has 0 radical (unpaired) electrons. The fraction of sp³-hybridized carbons (Fsp3) is 0.333. The minimum absolute atomic E-state index is 0.141. The minimum Gasteiger partial charge on any atom is -0.366 e. The van der Waals surface area contributed by atoms with Gasteiger partial charge < -0.3 is 4.74 Å². The number of hydrogen-bond donors (Lipinski definition) is 0. The number of benzene rings is 1. The molecule has 68 valence electrons. The van der Waals surface area contributed by atoms with Crippen molar-refractivity contribution < 1.29 is 4.74 Å². The largest absolute Gasteiger partial charge is 0.366 e. The van der Waals surface area contributed by atoms with Crippen LogP contribution in [0.1, 0.15) is 18.9 Å². The smallest absolute Gasteiger partial charge is 0.0945 e. The van der Waals surface area contributed by atoms with Gasteiger partial charge in [-0.25, -0.2) is 0 Å². The molecule has 2 rings (SSSR count). The molecule has 1 unspecified atom stereocenters. The van der Waals surface area contributed by atoms with E-state index in [9.17, 15) is 0 Å². The third-order valence-corrected chi connectivity index (χ3v) is 2.57. The highest BCUT2D eigenvalue weighted by atomic mass is 16.5. The van der Waals surface area contributed by atoms with Crippen molar-refractivity contribution in [2.75, 3.05) is 6.61 Å². The number of rotatable bonds is 1. The summed E-state index contributed by atoms with van der Waals surface area (Å²) in [6.07, 6.45) is 0.941. The second-order valence-corrected chi connectivity index (χ2v) is 3.81. The molecule has 0 amide bonds. The van der Waals surface area contributed by atoms with Gasteiger partial charge in [-0.2, -0.15) is 0 Å². The van der Waals surface area contributed by atoms with Crippen LogP contribution in [-0.2, 0) is 10.3 Å². The van der Waals surface area contributed by atoms with Gasteiger partial charge >= 0.3 is 0 Å². The molecule has 1 heterocycles. The van der Waals surface area contributed by atoms with Crippen LogP contribution < -0.4 is 0 Å². The van der Waals surface area contributed by atoms with Crippen molar-refractivity contribution in [2.45, 2.75) is 18.9 Å². The van der Waals surface area contributed by atoms with Crippen molar-refractivity contribution in [3.05, 3.63) is 48.0 Å². The van der Waals surface area contributed by atoms with E-state index in [0.717, 1.165) is 6.42 Å². The van der Waals surface area contributed by atoms with Crippen LogP contribution in [-0.4, -0.2) is 6.61 Å². The molecule has 1 aromatic rings. The van der Waals surface area contributed by atoms with Crippen LogP contribution >= 0.6 is 0 Å². The molecule has 0 saturated carbocycles. The van der Waals surface area contributed by atoms with E-state index < -0.39 is 0 Å². The van der Waals surface area contributed by atoms with Crippen LogP contribution in [0.15, 0.2) is 42.5 Å². The average Bonchev–Trinajstić information content (AvgIpc) is 2.49. The van der Waals surface area contributed by atoms with E-state index in [1.165, 1.54) is 11.1 Å². The van der Waals surface area contributed by atoms with Gasteiger partial charge in [-0.3, -0.25) is 0 Å². The van der Waals surface area contributed by atoms with Gasteiger partial charge in [0.15, 0.2) is 0 Å². The Morgan fingerprint density at radius 1 is 1.31 bits per heavy atom. The van der Waals surface area contributed by atoms with Gasteiger partial charge in [0.2, 0.25) is 0 Å². The summed E-state index contributed by atoms with van der Waals surface area (Å²) < 4.78 is 5.74. The molecule has 0 aromatic heterocycles. The normalized spacial score (nSPS) is 27.9. The minimum atomic E-state index is -0.141. The van der Waals surface area contributed by atoms with E-state index in [2.05, 4.69) is 25.6 Å². The Balaban J connectivity index is 2.31. The van der Waals surface area contributed by atoms with E-state index in [1.54, 1.807) is 0 Å². The van der Waals surface area contributed by atoms with Crippen molar-refractivity contribution >= 4 is 0 Å². The maximum atomic E-state index is 5.74. The highest BCUT2D eigenvalue weighted by Crippen LogP contribution is 2.37. The van der Waals surface area contributed by atoms with E-state index in [4.69, 9.17) is 4.74 Å². The van der Waals surface area contributed by atoms with Crippen molar-refractivity contribution in [3.8, 4) is 0 Å². The summed E-state index contributed by atoms with van der Waals surface area (Å²) in [5.74, 6) is 0. The van der Waals surface area contributed by atoms with Crippen LogP contribution in [0, 0.1) is 0 Å². The Bertz CT molecular complexity index is 315. The number of ether oxygens (including phenoxy) is 1. The third kappa shape index (κ3) is 1.52. The van der Waals surface area contributed by atoms with Crippen LogP contribution in [0.25, 0.3) is 0 Å². The first-order valence-corrected chi connectivity index (χ1v) is 4.57. The molecule has 13 heavy (non-hydrogen) atoms. The summed E-state index contributed by atoms with van der Waals surface area (Å²) in [4.78, 5) is 0. The molecule has 0 aliphatic carbocycles. The maximum Gasteiger partial charge on any atom is 0.0945 e. The Kier molecular flexibility index (Phi) is 1.97. The second-order valence-electron chi connectivity index (χ2n) is 3.81. The lowest BCUT2D eigenvalue weighted by molar-refractivity contribution is 0.0177. The molecule has 1 nitrogen and oxygen atoms in total. The molecule has 0 spiro atoms. The quantitative estimate of drug-likeness (QED) is 0.595. The molecule has 1 fully saturated rings. The van der Waals surface area contributed by atoms with E-state index >= 15 is 0 Å². The van der Waals surface area contributed by atoms with Gasteiger partial charge in [-0.15, -0.1) is 0 Å². The van der Waals surface area contributed by atoms with Gasteiger partial charge in [0.05, 0.1) is 12.2 Å². The van der Waals surface area contributed by atoms with E-state index in [-0.39, 0.29) is 5.60 Å². The zero-order chi connectivity index (χ0) is 9.31. The first-order valence-electron chi connectivity index (χ1n) is 4.57. The van der Waals surface area contributed by atoms with Gasteiger partial charge in [0, 0.05) is 6.42 Å². The third-order valence-electron chi connectivity index (χ3n) is 2.57. The predicted octanol–water partition coefficient (Wildman–Crippen LogP) is 2.88. The molecule has 1 atom stereocenters. The topological polar surface area (TPSA) is 9.23 Å². The highest BCUT2D eigenvalue weighted by Gasteiger charge is 2.33. The summed E-state index contributed by atoms with van der Waals surface area (Å²) in [5, 5.41) is 0. The fourth-order valence-corrected chi connectivity index (χ4v) is 1.82. The van der Waals surface area contributed by atoms with Gasteiger partial charge in [-0.05, 0) is 18.1 Å². The highest BCUT2D eigenvalue weighted by molar-refractivity contribution is 5.26. The van der Waals surface area contributed by atoms with E-state index in [1.807, 2.05) is 18.2 Å². The van der Waals surface area contributed by atoms with Crippen molar-refractivity contribution in [3.63, 3.8) is 0 Å². The maximum absolute atomic E-state index is 5.74. The summed E-state index contributed by atoms with van der Waals surface area (Å²) >= 11 is 0. The lowest BCUT2D eigenvalue weighted by Gasteiger charge is -2.22. The first kappa shape index (κ1) is 8.52. The molecule has 1 aliphatic heterocycles. The lowest BCUT2D eigenvalue weighted by atomic mass is 9.92. The van der Waals surface area contributed by atoms with Crippen molar-refractivity contribution in [1.29, 1.82) is 0 Å². The monoisotopic (exact) mass is 174 g/mol. The molecular weight excluding hydrogens is 160 g/mol. The standard InChI is InChI=1S/C12H14O/c1-10-8-12(2,13-9-10)11-6-4-3-5-7-11/h3-7H,1,8-9H2,2H3. The molecular formula is C12H14O. The molecule has 1 aromatic carbocycles. The Hall–Kier alpha value is -1.08. The van der Waals surface area contributed by atoms with Gasteiger partial charge in [0.1, 0.15) is 0 Å². The molecule has 0 bridgehead atoms. The zero-order valence-electron chi connectivity index (χ0n) is 7.92. The summed E-state index contributed by atoms with van der Waals surface area (Å²) in [6, 6.07) is 10.3. The SMILES string of the molecule is C=C1COC(C)(c2ccccc2)C1. The summed E-state index contributed by atoms with van der Waals surface area (Å²) in [6.45, 7) is 6.78. The molecule has 0 N–H and O–H groups in total. The fourth-order valence-electron chi connectivity index (χ4n) is 1.82. The van der Waals surface area contributed by atoms with Crippen molar-refractivity contribution in [1.82, 2.24) is 0 Å². The molecule has 1 heteroatoms. The lowest BCUT2D eigenvalue weighted by Crippen LogP contribution is -2.19. The van der Waals surface area contributed by atoms with E-state index in [0.29, 0.717) is 6.61 Å². The zero-order valence-corrected chi connectivity index (χ0v) is 7.92.